The smallest absolute Gasteiger partial charge is 0.311 e. The van der Waals surface area contributed by atoms with Gasteiger partial charge in [0, 0.05) is 35.8 Å². The highest BCUT2D eigenvalue weighted by Gasteiger charge is 2.18. The van der Waals surface area contributed by atoms with Gasteiger partial charge in [0.1, 0.15) is 5.82 Å². The predicted octanol–water partition coefficient (Wildman–Crippen LogP) is 4.37. The molecule has 0 saturated heterocycles. The van der Waals surface area contributed by atoms with Crippen LogP contribution in [0.3, 0.4) is 0 Å². The molecule has 0 bridgehead atoms. The van der Waals surface area contributed by atoms with Gasteiger partial charge in [0.05, 0.1) is 20.6 Å². The summed E-state index contributed by atoms with van der Waals surface area (Å²) in [6, 6.07) is 10.4. The van der Waals surface area contributed by atoms with E-state index in [1.54, 1.807) is 18.2 Å². The van der Waals surface area contributed by atoms with E-state index in [1.807, 2.05) is 0 Å². The summed E-state index contributed by atoms with van der Waals surface area (Å²) in [6.45, 7) is 0.527. The van der Waals surface area contributed by atoms with Crippen molar-refractivity contribution in [2.24, 2.45) is 0 Å². The molecule has 0 amide bonds. The van der Waals surface area contributed by atoms with Crippen LogP contribution in [0.15, 0.2) is 42.5 Å². The summed E-state index contributed by atoms with van der Waals surface area (Å²) in [5.74, 6) is 0.174. The first kappa shape index (κ1) is 22.0. The number of nitrogen functional groups attached to an aromatic ring is 1. The lowest BCUT2D eigenvalue weighted by Gasteiger charge is -2.11. The Hall–Kier alpha value is -3.70. The van der Waals surface area contributed by atoms with E-state index in [-0.39, 0.29) is 36.1 Å². The minimum atomic E-state index is -0.627. The molecule has 1 aromatic carbocycles. The number of nitrogens with two attached hydrogens (primary N) is 1. The summed E-state index contributed by atoms with van der Waals surface area (Å²) in [4.78, 5) is 29.2. The molecule has 0 unspecified atom stereocenters. The Balaban J connectivity index is 1.72. The number of nitro groups is 2. The molecule has 0 radical (unpaired) electrons. The van der Waals surface area contributed by atoms with E-state index in [1.165, 1.54) is 24.3 Å². The topological polar surface area (TPSA) is 162 Å². The normalized spacial score (nSPS) is 10.5. The van der Waals surface area contributed by atoms with Crippen LogP contribution in [0.4, 0.5) is 28.8 Å². The molecule has 0 aliphatic heterocycles. The standard InChI is InChI=1S/C18H15Cl2N7O4/c19-10-1-2-11(12(20)9-10)13-3-4-15(27(30)31)18(24-13)23-8-7-22-16-6-5-14(26(28)29)17(21)25-16/h1-6,9H,7-8H2,(H,23,24)(H3,21,22,25). The maximum absolute atomic E-state index is 11.3. The Labute approximate surface area is 185 Å². The van der Waals surface area contributed by atoms with Crippen LogP contribution in [0, 0.1) is 20.2 Å². The highest BCUT2D eigenvalue weighted by atomic mass is 35.5. The lowest BCUT2D eigenvalue weighted by molar-refractivity contribution is -0.384. The van der Waals surface area contributed by atoms with E-state index < -0.39 is 9.85 Å². The van der Waals surface area contributed by atoms with Gasteiger partial charge in [-0.1, -0.05) is 23.2 Å². The Bertz CT molecular complexity index is 1160. The summed E-state index contributed by atoms with van der Waals surface area (Å²) in [6.07, 6.45) is 0. The molecule has 3 aromatic rings. The average molecular weight is 464 g/mol. The first-order chi connectivity index (χ1) is 14.8. The van der Waals surface area contributed by atoms with Crippen molar-refractivity contribution in [2.45, 2.75) is 0 Å². The van der Waals surface area contributed by atoms with Crippen LogP contribution >= 0.6 is 23.2 Å². The van der Waals surface area contributed by atoms with Crippen molar-refractivity contribution in [3.8, 4) is 11.3 Å². The number of rotatable bonds is 8. The summed E-state index contributed by atoms with van der Waals surface area (Å²) < 4.78 is 0. The maximum atomic E-state index is 11.3. The lowest BCUT2D eigenvalue weighted by Crippen LogP contribution is -2.16. The molecule has 0 spiro atoms. The fourth-order valence-corrected chi connectivity index (χ4v) is 3.17. The third-order valence-electron chi connectivity index (χ3n) is 4.10. The summed E-state index contributed by atoms with van der Waals surface area (Å²) in [5.41, 5.74) is 6.07. The maximum Gasteiger partial charge on any atom is 0.311 e. The predicted molar refractivity (Wildman–Crippen MR) is 119 cm³/mol. The van der Waals surface area contributed by atoms with Crippen LogP contribution in [0.2, 0.25) is 10.0 Å². The van der Waals surface area contributed by atoms with Crippen LogP contribution in [0.1, 0.15) is 0 Å². The fourth-order valence-electron chi connectivity index (χ4n) is 2.67. The van der Waals surface area contributed by atoms with Crippen molar-refractivity contribution >= 4 is 52.0 Å². The van der Waals surface area contributed by atoms with Gasteiger partial charge in [-0.25, -0.2) is 9.97 Å². The molecular formula is C18H15Cl2N7O4. The zero-order valence-electron chi connectivity index (χ0n) is 15.7. The molecular weight excluding hydrogens is 449 g/mol. The number of hydrogen-bond acceptors (Lipinski definition) is 9. The van der Waals surface area contributed by atoms with E-state index in [0.717, 1.165) is 0 Å². The first-order valence-electron chi connectivity index (χ1n) is 8.76. The van der Waals surface area contributed by atoms with E-state index in [4.69, 9.17) is 28.9 Å². The second kappa shape index (κ2) is 9.41. The summed E-state index contributed by atoms with van der Waals surface area (Å²) >= 11 is 12.1. The second-order valence-electron chi connectivity index (χ2n) is 6.16. The Morgan fingerprint density at radius 2 is 1.58 bits per heavy atom. The highest BCUT2D eigenvalue weighted by Crippen LogP contribution is 2.32. The highest BCUT2D eigenvalue weighted by molar-refractivity contribution is 6.36. The van der Waals surface area contributed by atoms with Crippen molar-refractivity contribution in [3.63, 3.8) is 0 Å². The largest absolute Gasteiger partial charge is 0.378 e. The van der Waals surface area contributed by atoms with E-state index in [9.17, 15) is 20.2 Å². The molecule has 4 N–H and O–H groups in total. The summed E-state index contributed by atoms with van der Waals surface area (Å²) in [5, 5.41) is 28.8. The Morgan fingerprint density at radius 1 is 0.903 bits per heavy atom. The molecule has 2 heterocycles. The number of nitrogens with one attached hydrogen (secondary N) is 2. The number of hydrogen-bond donors (Lipinski definition) is 3. The number of anilines is 3. The molecule has 160 valence electrons. The fraction of sp³-hybridized carbons (Fsp3) is 0.111. The molecule has 0 atom stereocenters. The third kappa shape index (κ3) is 5.27. The van der Waals surface area contributed by atoms with Crippen molar-refractivity contribution < 1.29 is 9.85 Å². The van der Waals surface area contributed by atoms with E-state index in [2.05, 4.69) is 20.6 Å². The number of aromatic nitrogens is 2. The van der Waals surface area contributed by atoms with Crippen molar-refractivity contribution in [1.29, 1.82) is 0 Å². The van der Waals surface area contributed by atoms with Crippen LogP contribution in [-0.2, 0) is 0 Å². The van der Waals surface area contributed by atoms with Gasteiger partial charge in [0.15, 0.2) is 0 Å². The molecule has 2 aromatic heterocycles. The van der Waals surface area contributed by atoms with Crippen molar-refractivity contribution in [1.82, 2.24) is 9.97 Å². The van der Waals surface area contributed by atoms with Crippen molar-refractivity contribution in [3.05, 3.63) is 72.7 Å². The minimum Gasteiger partial charge on any atom is -0.378 e. The quantitative estimate of drug-likeness (QED) is 0.250. The van der Waals surface area contributed by atoms with Gasteiger partial charge in [-0.15, -0.1) is 0 Å². The molecule has 11 nitrogen and oxygen atoms in total. The van der Waals surface area contributed by atoms with Crippen LogP contribution in [0.25, 0.3) is 11.3 Å². The van der Waals surface area contributed by atoms with Gasteiger partial charge in [-0.2, -0.15) is 0 Å². The molecule has 31 heavy (non-hydrogen) atoms. The van der Waals surface area contributed by atoms with Gasteiger partial charge in [-0.3, -0.25) is 20.2 Å². The summed E-state index contributed by atoms with van der Waals surface area (Å²) in [7, 11) is 0. The van der Waals surface area contributed by atoms with Gasteiger partial charge < -0.3 is 16.4 Å². The second-order valence-corrected chi connectivity index (χ2v) is 7.00. The monoisotopic (exact) mass is 463 g/mol. The molecule has 0 aliphatic carbocycles. The van der Waals surface area contributed by atoms with Gasteiger partial charge >= 0.3 is 11.4 Å². The molecule has 0 aliphatic rings. The van der Waals surface area contributed by atoms with E-state index >= 15 is 0 Å². The number of nitrogens with zero attached hydrogens (tertiary/aromatic N) is 4. The third-order valence-corrected chi connectivity index (χ3v) is 4.65. The average Bonchev–Trinajstić information content (AvgIpc) is 2.70. The number of halogens is 2. The first-order valence-corrected chi connectivity index (χ1v) is 9.51. The Morgan fingerprint density at radius 3 is 2.23 bits per heavy atom. The molecule has 0 fully saturated rings. The lowest BCUT2D eigenvalue weighted by atomic mass is 10.1. The number of benzene rings is 1. The van der Waals surface area contributed by atoms with Gasteiger partial charge in [0.2, 0.25) is 11.6 Å². The zero-order chi connectivity index (χ0) is 22.5. The zero-order valence-corrected chi connectivity index (χ0v) is 17.2. The SMILES string of the molecule is Nc1nc(NCCNc2nc(-c3ccc(Cl)cc3Cl)ccc2[N+](=O)[O-])ccc1[N+](=O)[O-]. The molecule has 13 heteroatoms. The number of pyridine rings is 2. The Kier molecular flexibility index (Phi) is 6.68. The minimum absolute atomic E-state index is 0.0616. The van der Waals surface area contributed by atoms with Crippen molar-refractivity contribution in [2.75, 3.05) is 29.5 Å². The van der Waals surface area contributed by atoms with E-state index in [0.29, 0.717) is 27.1 Å². The van der Waals surface area contributed by atoms with Gasteiger partial charge in [0.25, 0.3) is 0 Å². The van der Waals surface area contributed by atoms with Crippen LogP contribution in [0.5, 0.6) is 0 Å². The van der Waals surface area contributed by atoms with Gasteiger partial charge in [-0.05, 0) is 30.3 Å². The molecule has 3 rings (SSSR count). The molecule has 0 saturated carbocycles. The van der Waals surface area contributed by atoms with Crippen LogP contribution in [-0.4, -0.2) is 32.9 Å². The van der Waals surface area contributed by atoms with Crippen LogP contribution < -0.4 is 16.4 Å².